The fourth-order valence-electron chi connectivity index (χ4n) is 6.75. The van der Waals surface area contributed by atoms with E-state index in [0.717, 1.165) is 50.0 Å². The van der Waals surface area contributed by atoms with E-state index in [-0.39, 0.29) is 29.7 Å². The lowest BCUT2D eigenvalue weighted by molar-refractivity contribution is -0.139. The molecule has 0 bridgehead atoms. The third-order valence-corrected chi connectivity index (χ3v) is 9.54. The molecule has 232 valence electrons. The molecule has 0 unspecified atom stereocenters. The first-order valence-electron chi connectivity index (χ1n) is 16.9. The summed E-state index contributed by atoms with van der Waals surface area (Å²) in [7, 11) is 0. The van der Waals surface area contributed by atoms with Crippen LogP contribution in [0.5, 0.6) is 0 Å². The van der Waals surface area contributed by atoms with Crippen LogP contribution in [0.3, 0.4) is 0 Å². The second-order valence-electron chi connectivity index (χ2n) is 12.5. The number of Topliss-reactive ketones (excluding diaryl/α,β-unsaturated/α-hetero) is 2. The molecule has 2 aliphatic carbocycles. The summed E-state index contributed by atoms with van der Waals surface area (Å²) in [6.45, 7) is 2.26. The van der Waals surface area contributed by atoms with E-state index in [1.165, 1.54) is 69.8 Å². The SMILES string of the molecule is CCCCCCCCCCCCCCCC(=O)OC1=C([C@H]2CC[C@H](c3ccc(Cl)cc3)CC2)C(=O)c2ccccc2C1=O. The van der Waals surface area contributed by atoms with Gasteiger partial charge in [-0.1, -0.05) is 132 Å². The van der Waals surface area contributed by atoms with Gasteiger partial charge in [-0.05, 0) is 61.6 Å². The minimum atomic E-state index is -0.411. The highest BCUT2D eigenvalue weighted by molar-refractivity contribution is 6.30. The Hall–Kier alpha value is -2.72. The number of esters is 1. The molecule has 4 nitrogen and oxygen atoms in total. The van der Waals surface area contributed by atoms with Gasteiger partial charge in [-0.2, -0.15) is 0 Å². The number of fused-ring (bicyclic) bond motifs is 1. The van der Waals surface area contributed by atoms with Crippen LogP contribution in [-0.2, 0) is 9.53 Å². The van der Waals surface area contributed by atoms with E-state index in [1.54, 1.807) is 24.3 Å². The van der Waals surface area contributed by atoms with Gasteiger partial charge in [0.05, 0.1) is 5.57 Å². The molecule has 2 aliphatic rings. The summed E-state index contributed by atoms with van der Waals surface area (Å²) in [6.07, 6.45) is 19.6. The van der Waals surface area contributed by atoms with E-state index in [4.69, 9.17) is 16.3 Å². The standard InChI is InChI=1S/C38H49ClO4/c1-2-3-4-5-6-7-8-9-10-11-12-13-14-19-34(40)43-38-35(36(41)32-17-15-16-18-33(32)37(38)42)30-22-20-28(21-23-30)29-24-26-31(39)27-25-29/h15-18,24-28,30H,2-14,19-23H2,1H3/t28-,30-. The van der Waals surface area contributed by atoms with Gasteiger partial charge in [0, 0.05) is 22.6 Å². The van der Waals surface area contributed by atoms with Crippen molar-refractivity contribution in [3.05, 3.63) is 81.6 Å². The molecule has 0 amide bonds. The van der Waals surface area contributed by atoms with Gasteiger partial charge in [0.1, 0.15) is 0 Å². The van der Waals surface area contributed by atoms with Crippen molar-refractivity contribution in [2.24, 2.45) is 5.92 Å². The quantitative estimate of drug-likeness (QED) is 0.133. The summed E-state index contributed by atoms with van der Waals surface area (Å²) in [4.78, 5) is 40.2. The van der Waals surface area contributed by atoms with Crippen molar-refractivity contribution in [2.75, 3.05) is 0 Å². The zero-order valence-corrected chi connectivity index (χ0v) is 26.8. The largest absolute Gasteiger partial charge is 0.422 e. The number of ketones is 2. The second-order valence-corrected chi connectivity index (χ2v) is 12.9. The number of benzene rings is 2. The average Bonchev–Trinajstić information content (AvgIpc) is 3.03. The Labute approximate surface area is 263 Å². The third kappa shape index (κ3) is 9.63. The maximum absolute atomic E-state index is 13.7. The molecule has 0 atom stereocenters. The predicted octanol–water partition coefficient (Wildman–Crippen LogP) is 11.0. The number of carbonyl (C=O) groups excluding carboxylic acids is 3. The van der Waals surface area contributed by atoms with Crippen LogP contribution in [0.15, 0.2) is 59.9 Å². The maximum Gasteiger partial charge on any atom is 0.311 e. The molecular formula is C38H49ClO4. The average molecular weight is 605 g/mol. The van der Waals surface area contributed by atoms with Gasteiger partial charge in [0.25, 0.3) is 0 Å². The summed E-state index contributed by atoms with van der Waals surface area (Å²) in [5, 5.41) is 0.720. The molecule has 0 heterocycles. The van der Waals surface area contributed by atoms with Crippen molar-refractivity contribution in [1.82, 2.24) is 0 Å². The van der Waals surface area contributed by atoms with Crippen LogP contribution < -0.4 is 0 Å². The van der Waals surface area contributed by atoms with Crippen molar-refractivity contribution in [2.45, 2.75) is 128 Å². The second kappa shape index (κ2) is 17.5. The fourth-order valence-corrected chi connectivity index (χ4v) is 6.87. The number of rotatable bonds is 17. The molecule has 43 heavy (non-hydrogen) atoms. The summed E-state index contributed by atoms with van der Waals surface area (Å²) in [6, 6.07) is 14.9. The minimum absolute atomic E-state index is 0.0293. The first-order valence-corrected chi connectivity index (χ1v) is 17.3. The molecule has 5 heteroatoms. The lowest BCUT2D eigenvalue weighted by Gasteiger charge is -2.32. The smallest absolute Gasteiger partial charge is 0.311 e. The van der Waals surface area contributed by atoms with Crippen LogP contribution >= 0.6 is 11.6 Å². The number of allylic oxidation sites excluding steroid dienone is 2. The van der Waals surface area contributed by atoms with Crippen molar-refractivity contribution >= 4 is 29.1 Å². The summed E-state index contributed by atoms with van der Waals surface area (Å²) in [5.74, 6) is -0.674. The van der Waals surface area contributed by atoms with Gasteiger partial charge < -0.3 is 4.74 Å². The molecule has 2 aromatic rings. The molecular weight excluding hydrogens is 556 g/mol. The van der Waals surface area contributed by atoms with Crippen LogP contribution in [0.4, 0.5) is 0 Å². The van der Waals surface area contributed by atoms with Crippen LogP contribution in [0.1, 0.15) is 155 Å². The minimum Gasteiger partial charge on any atom is -0.422 e. The lowest BCUT2D eigenvalue weighted by Crippen LogP contribution is -2.30. The van der Waals surface area contributed by atoms with Crippen LogP contribution in [-0.4, -0.2) is 17.5 Å². The van der Waals surface area contributed by atoms with Gasteiger partial charge in [-0.15, -0.1) is 0 Å². The Morgan fingerprint density at radius 3 is 1.72 bits per heavy atom. The Bertz CT molecular complexity index is 1240. The van der Waals surface area contributed by atoms with E-state index in [9.17, 15) is 14.4 Å². The van der Waals surface area contributed by atoms with Crippen molar-refractivity contribution in [3.8, 4) is 0 Å². The monoisotopic (exact) mass is 604 g/mol. The molecule has 1 saturated carbocycles. The Morgan fingerprint density at radius 1 is 0.674 bits per heavy atom. The van der Waals surface area contributed by atoms with E-state index in [2.05, 4.69) is 19.1 Å². The van der Waals surface area contributed by atoms with Crippen LogP contribution in [0.25, 0.3) is 0 Å². The number of halogens is 1. The molecule has 0 aliphatic heterocycles. The van der Waals surface area contributed by atoms with Gasteiger partial charge in [-0.3, -0.25) is 14.4 Å². The topological polar surface area (TPSA) is 60.4 Å². The zero-order valence-electron chi connectivity index (χ0n) is 26.0. The highest BCUT2D eigenvalue weighted by atomic mass is 35.5. The molecule has 0 radical (unpaired) electrons. The molecule has 0 aromatic heterocycles. The van der Waals surface area contributed by atoms with Crippen LogP contribution in [0.2, 0.25) is 5.02 Å². The van der Waals surface area contributed by atoms with Crippen LogP contribution in [0, 0.1) is 5.92 Å². The number of unbranched alkanes of at least 4 members (excludes halogenated alkanes) is 12. The highest BCUT2D eigenvalue weighted by Crippen LogP contribution is 2.42. The van der Waals surface area contributed by atoms with E-state index < -0.39 is 5.97 Å². The summed E-state index contributed by atoms with van der Waals surface area (Å²) in [5.41, 5.74) is 2.39. The van der Waals surface area contributed by atoms with E-state index in [1.807, 2.05) is 12.1 Å². The maximum atomic E-state index is 13.7. The Balaban J connectivity index is 1.27. The molecule has 4 rings (SSSR count). The van der Waals surface area contributed by atoms with Crippen molar-refractivity contribution in [3.63, 3.8) is 0 Å². The summed E-state index contributed by atoms with van der Waals surface area (Å²) < 4.78 is 5.78. The molecule has 1 fully saturated rings. The first kappa shape index (κ1) is 33.2. The van der Waals surface area contributed by atoms with Gasteiger partial charge in [0.2, 0.25) is 5.78 Å². The predicted molar refractivity (Wildman–Crippen MR) is 175 cm³/mol. The number of hydrogen-bond acceptors (Lipinski definition) is 4. The lowest BCUT2D eigenvalue weighted by atomic mass is 9.72. The van der Waals surface area contributed by atoms with E-state index >= 15 is 0 Å². The Kier molecular flexibility index (Phi) is 13.5. The highest BCUT2D eigenvalue weighted by Gasteiger charge is 2.39. The fraction of sp³-hybridized carbons (Fsp3) is 0.553. The molecule has 2 aromatic carbocycles. The molecule has 0 saturated heterocycles. The number of hydrogen-bond donors (Lipinski definition) is 0. The van der Waals surface area contributed by atoms with Gasteiger partial charge >= 0.3 is 5.97 Å². The van der Waals surface area contributed by atoms with Gasteiger partial charge in [-0.25, -0.2) is 0 Å². The van der Waals surface area contributed by atoms with Crippen molar-refractivity contribution < 1.29 is 19.1 Å². The molecule has 0 spiro atoms. The molecule has 0 N–H and O–H groups in total. The van der Waals surface area contributed by atoms with Crippen molar-refractivity contribution in [1.29, 1.82) is 0 Å². The van der Waals surface area contributed by atoms with Gasteiger partial charge in [0.15, 0.2) is 11.5 Å². The van der Waals surface area contributed by atoms with E-state index in [0.29, 0.717) is 22.6 Å². The number of carbonyl (C=O) groups is 3. The number of ether oxygens (including phenoxy) is 1. The zero-order chi connectivity index (χ0) is 30.4. The Morgan fingerprint density at radius 2 is 1.16 bits per heavy atom. The third-order valence-electron chi connectivity index (χ3n) is 9.29. The normalized spacial score (nSPS) is 18.6. The summed E-state index contributed by atoms with van der Waals surface area (Å²) >= 11 is 6.08. The first-order chi connectivity index (χ1) is 21.0.